The van der Waals surface area contributed by atoms with E-state index in [1.165, 1.54) is 0 Å². The molecule has 6 heteroatoms. The van der Waals surface area contributed by atoms with E-state index in [0.29, 0.717) is 5.75 Å². The van der Waals surface area contributed by atoms with Gasteiger partial charge in [0.05, 0.1) is 17.9 Å². The Bertz CT molecular complexity index is 877. The molecule has 1 N–H and O–H groups in total. The third kappa shape index (κ3) is 3.44. The number of rotatable bonds is 5. The van der Waals surface area contributed by atoms with Gasteiger partial charge in [-0.1, -0.05) is 24.3 Å². The molecule has 3 aromatic rings. The number of hydrogen-bond donors (Lipinski definition) is 1. The fourth-order valence-corrected chi connectivity index (χ4v) is 3.28. The number of carbonyl (C=O) groups is 1. The summed E-state index contributed by atoms with van der Waals surface area (Å²) >= 11 is 0. The predicted octanol–water partition coefficient (Wildman–Crippen LogP) is 2.84. The van der Waals surface area contributed by atoms with E-state index < -0.39 is 0 Å². The number of ether oxygens (including phenoxy) is 1. The molecule has 1 aromatic carbocycles. The molecular formula is C20H20N4O2. The number of fused-ring (bicyclic) bond motifs is 1. The van der Waals surface area contributed by atoms with Crippen LogP contribution in [-0.4, -0.2) is 27.3 Å². The monoisotopic (exact) mass is 348 g/mol. The van der Waals surface area contributed by atoms with Crippen molar-refractivity contribution >= 4 is 5.91 Å². The van der Waals surface area contributed by atoms with E-state index in [1.54, 1.807) is 6.20 Å². The lowest BCUT2D eigenvalue weighted by Crippen LogP contribution is -2.34. The molecular weight excluding hydrogens is 328 g/mol. The van der Waals surface area contributed by atoms with Crippen molar-refractivity contribution in [1.82, 2.24) is 20.1 Å². The summed E-state index contributed by atoms with van der Waals surface area (Å²) in [5.41, 5.74) is 2.18. The van der Waals surface area contributed by atoms with Crippen molar-refractivity contribution in [2.75, 3.05) is 6.61 Å². The van der Waals surface area contributed by atoms with Gasteiger partial charge in [0.25, 0.3) is 5.91 Å². The fraction of sp³-hybridized carbons (Fsp3) is 0.250. The highest BCUT2D eigenvalue weighted by atomic mass is 16.5. The van der Waals surface area contributed by atoms with Crippen molar-refractivity contribution in [3.8, 4) is 11.6 Å². The Labute approximate surface area is 151 Å². The number of nitrogens with zero attached hydrogens (tertiary/aromatic N) is 3. The normalized spacial score (nSPS) is 15.9. The van der Waals surface area contributed by atoms with Crippen LogP contribution >= 0.6 is 0 Å². The molecule has 0 bridgehead atoms. The van der Waals surface area contributed by atoms with Gasteiger partial charge in [-0.15, -0.1) is 0 Å². The highest BCUT2D eigenvalue weighted by Gasteiger charge is 2.26. The summed E-state index contributed by atoms with van der Waals surface area (Å²) in [4.78, 5) is 16.7. The summed E-state index contributed by atoms with van der Waals surface area (Å²) in [5.74, 6) is 1.36. The summed E-state index contributed by atoms with van der Waals surface area (Å²) < 4.78 is 7.40. The Morgan fingerprint density at radius 2 is 2.04 bits per heavy atom. The molecule has 0 saturated carbocycles. The van der Waals surface area contributed by atoms with Gasteiger partial charge in [0, 0.05) is 11.8 Å². The largest absolute Gasteiger partial charge is 0.484 e. The topological polar surface area (TPSA) is 69.0 Å². The Hall–Kier alpha value is -3.15. The number of aromatic nitrogens is 3. The van der Waals surface area contributed by atoms with Gasteiger partial charge in [0.1, 0.15) is 5.75 Å². The molecule has 0 spiro atoms. The number of hydrogen-bond acceptors (Lipinski definition) is 4. The van der Waals surface area contributed by atoms with Crippen LogP contribution in [0.1, 0.15) is 30.1 Å². The summed E-state index contributed by atoms with van der Waals surface area (Å²) in [6.07, 6.45) is 6.42. The standard InChI is InChI=1S/C20H20N4O2/c25-20(14-26-15-7-2-1-3-8-15)23-17-9-6-10-18-16(17)13-22-24(18)19-11-4-5-12-21-19/h1-5,7-8,11-13,17H,6,9-10,14H2,(H,23,25). The fourth-order valence-electron chi connectivity index (χ4n) is 3.28. The van der Waals surface area contributed by atoms with Crippen LogP contribution in [-0.2, 0) is 11.2 Å². The summed E-state index contributed by atoms with van der Waals surface area (Å²) in [7, 11) is 0. The number of benzene rings is 1. The van der Waals surface area contributed by atoms with Crippen molar-refractivity contribution < 1.29 is 9.53 Å². The van der Waals surface area contributed by atoms with Gasteiger partial charge in [-0.3, -0.25) is 4.79 Å². The minimum absolute atomic E-state index is 0.00419. The Morgan fingerprint density at radius 1 is 1.19 bits per heavy atom. The maximum absolute atomic E-state index is 12.3. The second-order valence-corrected chi connectivity index (χ2v) is 6.26. The second kappa shape index (κ2) is 7.39. The lowest BCUT2D eigenvalue weighted by atomic mass is 9.93. The van der Waals surface area contributed by atoms with Crippen molar-refractivity contribution in [3.63, 3.8) is 0 Å². The lowest BCUT2D eigenvalue weighted by Gasteiger charge is -2.24. The zero-order valence-electron chi connectivity index (χ0n) is 14.3. The molecule has 132 valence electrons. The van der Waals surface area contributed by atoms with Crippen molar-refractivity contribution in [2.24, 2.45) is 0 Å². The van der Waals surface area contributed by atoms with Gasteiger partial charge in [-0.05, 0) is 43.5 Å². The number of nitrogens with one attached hydrogen (secondary N) is 1. The smallest absolute Gasteiger partial charge is 0.258 e. The van der Waals surface area contributed by atoms with E-state index in [4.69, 9.17) is 4.74 Å². The van der Waals surface area contributed by atoms with Crippen LogP contribution in [0.25, 0.3) is 5.82 Å². The van der Waals surface area contributed by atoms with Crippen LogP contribution in [0, 0.1) is 0 Å². The number of amides is 1. The van der Waals surface area contributed by atoms with Gasteiger partial charge in [-0.2, -0.15) is 5.10 Å². The van der Waals surface area contributed by atoms with Crippen LogP contribution in [0.15, 0.2) is 60.9 Å². The molecule has 1 unspecified atom stereocenters. The molecule has 1 aliphatic rings. The zero-order chi connectivity index (χ0) is 17.8. The van der Waals surface area contributed by atoms with E-state index in [2.05, 4.69) is 15.4 Å². The first-order valence-electron chi connectivity index (χ1n) is 8.76. The van der Waals surface area contributed by atoms with Crippen LogP contribution in [0.4, 0.5) is 0 Å². The zero-order valence-corrected chi connectivity index (χ0v) is 14.3. The minimum Gasteiger partial charge on any atom is -0.484 e. The maximum atomic E-state index is 12.3. The number of para-hydroxylation sites is 1. The average molecular weight is 348 g/mol. The molecule has 2 heterocycles. The molecule has 0 fully saturated rings. The van der Waals surface area contributed by atoms with Gasteiger partial charge >= 0.3 is 0 Å². The minimum atomic E-state index is -0.128. The summed E-state index contributed by atoms with van der Waals surface area (Å²) in [5, 5.41) is 7.56. The van der Waals surface area contributed by atoms with E-state index >= 15 is 0 Å². The van der Waals surface area contributed by atoms with Gasteiger partial charge in [0.2, 0.25) is 0 Å². The third-order valence-electron chi connectivity index (χ3n) is 4.50. The predicted molar refractivity (Wildman–Crippen MR) is 97.1 cm³/mol. The van der Waals surface area contributed by atoms with Gasteiger partial charge in [-0.25, -0.2) is 9.67 Å². The first-order chi connectivity index (χ1) is 12.8. The molecule has 0 radical (unpaired) electrons. The van der Waals surface area contributed by atoms with Crippen molar-refractivity contribution in [3.05, 3.63) is 72.2 Å². The molecule has 1 atom stereocenters. The van der Waals surface area contributed by atoms with E-state index in [-0.39, 0.29) is 18.6 Å². The van der Waals surface area contributed by atoms with Crippen LogP contribution in [0.5, 0.6) is 5.75 Å². The molecule has 26 heavy (non-hydrogen) atoms. The molecule has 1 amide bonds. The number of pyridine rings is 1. The van der Waals surface area contributed by atoms with Crippen LogP contribution in [0.2, 0.25) is 0 Å². The molecule has 6 nitrogen and oxygen atoms in total. The van der Waals surface area contributed by atoms with Gasteiger partial charge in [0.15, 0.2) is 12.4 Å². The van der Waals surface area contributed by atoms with Crippen LogP contribution < -0.4 is 10.1 Å². The van der Waals surface area contributed by atoms with E-state index in [1.807, 2.05) is 59.4 Å². The van der Waals surface area contributed by atoms with E-state index in [9.17, 15) is 4.79 Å². The van der Waals surface area contributed by atoms with Crippen LogP contribution in [0.3, 0.4) is 0 Å². The Morgan fingerprint density at radius 3 is 2.85 bits per heavy atom. The highest BCUT2D eigenvalue weighted by Crippen LogP contribution is 2.30. The summed E-state index contributed by atoms with van der Waals surface area (Å²) in [6.45, 7) is 0.00419. The first-order valence-corrected chi connectivity index (χ1v) is 8.76. The summed E-state index contributed by atoms with van der Waals surface area (Å²) in [6, 6.07) is 15.1. The highest BCUT2D eigenvalue weighted by molar-refractivity contribution is 5.78. The second-order valence-electron chi connectivity index (χ2n) is 6.26. The molecule has 0 saturated heterocycles. The average Bonchev–Trinajstić information content (AvgIpc) is 3.13. The molecule has 1 aliphatic carbocycles. The molecule has 0 aliphatic heterocycles. The SMILES string of the molecule is O=C(COc1ccccc1)NC1CCCc2c1cnn2-c1ccccn1. The third-order valence-corrected chi connectivity index (χ3v) is 4.50. The molecule has 2 aromatic heterocycles. The van der Waals surface area contributed by atoms with Gasteiger partial charge < -0.3 is 10.1 Å². The number of carbonyl (C=O) groups excluding carboxylic acids is 1. The Kier molecular flexibility index (Phi) is 4.64. The lowest BCUT2D eigenvalue weighted by molar-refractivity contribution is -0.123. The van der Waals surface area contributed by atoms with Crippen molar-refractivity contribution in [1.29, 1.82) is 0 Å². The first kappa shape index (κ1) is 16.3. The maximum Gasteiger partial charge on any atom is 0.258 e. The van der Waals surface area contributed by atoms with Crippen molar-refractivity contribution in [2.45, 2.75) is 25.3 Å². The Balaban J connectivity index is 1.45. The van der Waals surface area contributed by atoms with E-state index in [0.717, 1.165) is 36.3 Å². The quantitative estimate of drug-likeness (QED) is 0.770. The molecule has 4 rings (SSSR count).